The van der Waals surface area contributed by atoms with E-state index in [-0.39, 0.29) is 29.9 Å². The Kier molecular flexibility index (Phi) is 7.07. The monoisotopic (exact) mass is 435 g/mol. The number of nitrogens with one attached hydrogen (secondary N) is 1. The van der Waals surface area contributed by atoms with E-state index in [2.05, 4.69) is 10.5 Å². The van der Waals surface area contributed by atoms with Crippen LogP contribution in [0.25, 0.3) is 0 Å². The van der Waals surface area contributed by atoms with Gasteiger partial charge in [-0.2, -0.15) is 5.10 Å². The first-order chi connectivity index (χ1) is 9.56. The van der Waals surface area contributed by atoms with E-state index in [4.69, 9.17) is 23.2 Å². The van der Waals surface area contributed by atoms with Gasteiger partial charge in [-0.05, 0) is 12.1 Å². The lowest BCUT2D eigenvalue weighted by Crippen LogP contribution is -3.00. The third-order valence-electron chi connectivity index (χ3n) is 2.57. The van der Waals surface area contributed by atoms with Crippen LogP contribution in [0.15, 0.2) is 47.8 Å². The van der Waals surface area contributed by atoms with Crippen LogP contribution in [-0.2, 0) is 7.05 Å². The molecule has 0 aliphatic carbocycles. The molecule has 1 aromatic carbocycles. The van der Waals surface area contributed by atoms with Gasteiger partial charge in [-0.1, -0.05) is 29.3 Å². The van der Waals surface area contributed by atoms with Gasteiger partial charge >= 0.3 is 0 Å². The van der Waals surface area contributed by atoms with Crippen molar-refractivity contribution in [2.24, 2.45) is 12.1 Å². The number of halogens is 3. The lowest BCUT2D eigenvalue weighted by atomic mass is 10.2. The smallest absolute Gasteiger partial charge is 0.271 e. The van der Waals surface area contributed by atoms with E-state index in [1.54, 1.807) is 42.7 Å². The van der Waals surface area contributed by atoms with Gasteiger partial charge in [0.05, 0.1) is 16.8 Å². The molecule has 4 nitrogen and oxygen atoms in total. The van der Waals surface area contributed by atoms with E-state index < -0.39 is 0 Å². The molecule has 1 amide bonds. The summed E-state index contributed by atoms with van der Waals surface area (Å²) >= 11 is 11.8. The molecule has 2 aromatic rings. The molecule has 1 N–H and O–H groups in total. The molecule has 0 unspecified atom stereocenters. The second-order valence-electron chi connectivity index (χ2n) is 4.12. The number of carbonyl (C=O) groups is 1. The van der Waals surface area contributed by atoms with Crippen LogP contribution in [0, 0.1) is 0 Å². The Morgan fingerprint density at radius 2 is 1.90 bits per heavy atom. The van der Waals surface area contributed by atoms with E-state index in [9.17, 15) is 4.79 Å². The highest BCUT2D eigenvalue weighted by Crippen LogP contribution is 2.19. The van der Waals surface area contributed by atoms with Gasteiger partial charge in [-0.25, -0.2) is 9.99 Å². The third kappa shape index (κ3) is 5.26. The maximum absolute atomic E-state index is 11.8. The lowest BCUT2D eigenvalue weighted by molar-refractivity contribution is -0.671. The number of carbonyl (C=O) groups excluding carboxylic acids is 1. The fraction of sp³-hybridized carbons (Fsp3) is 0.0714. The average molecular weight is 436 g/mol. The fourth-order valence-electron chi connectivity index (χ4n) is 1.48. The first-order valence-corrected chi connectivity index (χ1v) is 6.55. The highest BCUT2D eigenvalue weighted by molar-refractivity contribution is 6.36. The summed E-state index contributed by atoms with van der Waals surface area (Å²) in [5.41, 5.74) is 3.65. The van der Waals surface area contributed by atoms with Crippen LogP contribution in [-0.4, -0.2) is 12.1 Å². The Balaban J connectivity index is 0.00000220. The van der Waals surface area contributed by atoms with E-state index in [0.717, 1.165) is 0 Å². The molecule has 0 fully saturated rings. The van der Waals surface area contributed by atoms with E-state index in [1.165, 1.54) is 6.21 Å². The second kappa shape index (κ2) is 8.31. The summed E-state index contributed by atoms with van der Waals surface area (Å²) in [5.74, 6) is -0.285. The average Bonchev–Trinajstić information content (AvgIpc) is 2.42. The Hall–Kier alpha value is -1.18. The third-order valence-corrected chi connectivity index (χ3v) is 3.14. The largest absolute Gasteiger partial charge is 1.00 e. The summed E-state index contributed by atoms with van der Waals surface area (Å²) in [6.07, 6.45) is 5.04. The van der Waals surface area contributed by atoms with Gasteiger partial charge in [0.2, 0.25) is 0 Å². The number of rotatable bonds is 3. The van der Waals surface area contributed by atoms with Crippen LogP contribution >= 0.6 is 23.2 Å². The number of aryl methyl sites for hydroxylation is 1. The van der Waals surface area contributed by atoms with Crippen LogP contribution in [0.3, 0.4) is 0 Å². The minimum Gasteiger partial charge on any atom is -1.00 e. The molecule has 1 aromatic heterocycles. The van der Waals surface area contributed by atoms with Gasteiger partial charge in [0.1, 0.15) is 7.05 Å². The van der Waals surface area contributed by atoms with Crippen molar-refractivity contribution in [2.45, 2.75) is 0 Å². The van der Waals surface area contributed by atoms with E-state index >= 15 is 0 Å². The molecule has 0 saturated heterocycles. The fourth-order valence-corrected chi connectivity index (χ4v) is 1.94. The predicted molar refractivity (Wildman–Crippen MR) is 79.1 cm³/mol. The van der Waals surface area contributed by atoms with Crippen molar-refractivity contribution in [1.29, 1.82) is 0 Å². The highest BCUT2D eigenvalue weighted by atomic mass is 127. The van der Waals surface area contributed by atoms with Crippen LogP contribution < -0.4 is 34.0 Å². The molecular weight excluding hydrogens is 424 g/mol. The second-order valence-corrected chi connectivity index (χ2v) is 4.96. The minimum absolute atomic E-state index is 0. The molecule has 0 bridgehead atoms. The zero-order chi connectivity index (χ0) is 14.5. The molecule has 21 heavy (non-hydrogen) atoms. The summed E-state index contributed by atoms with van der Waals surface area (Å²) in [7, 11) is 1.88. The number of hydrazone groups is 1. The number of aromatic nitrogens is 1. The molecule has 0 radical (unpaired) electrons. The van der Waals surface area contributed by atoms with Crippen molar-refractivity contribution in [3.63, 3.8) is 0 Å². The standard InChI is InChI=1S/C14H11Cl2N3O.HI/c1-19-6-4-10(5-7-19)14(20)18-17-9-11-2-3-12(15)8-13(11)16;/h2-9H,1H3;1H. The number of hydrogen-bond donors (Lipinski definition) is 1. The van der Waals surface area contributed by atoms with Crippen molar-refractivity contribution in [1.82, 2.24) is 5.43 Å². The number of nitrogens with zero attached hydrogens (tertiary/aromatic N) is 2. The van der Waals surface area contributed by atoms with Crippen LogP contribution in [0.2, 0.25) is 10.0 Å². The van der Waals surface area contributed by atoms with Gasteiger partial charge in [-0.15, -0.1) is 0 Å². The van der Waals surface area contributed by atoms with Gasteiger partial charge in [0.15, 0.2) is 12.4 Å². The van der Waals surface area contributed by atoms with Crippen molar-refractivity contribution in [2.75, 3.05) is 0 Å². The summed E-state index contributed by atoms with van der Waals surface area (Å²) in [6.45, 7) is 0. The molecule has 110 valence electrons. The van der Waals surface area contributed by atoms with Gasteiger partial charge in [0, 0.05) is 22.7 Å². The minimum atomic E-state index is -0.285. The number of hydrogen-bond acceptors (Lipinski definition) is 2. The first-order valence-electron chi connectivity index (χ1n) is 5.80. The predicted octanol–water partition coefficient (Wildman–Crippen LogP) is -0.414. The quantitative estimate of drug-likeness (QED) is 0.303. The summed E-state index contributed by atoms with van der Waals surface area (Å²) in [4.78, 5) is 11.8. The molecule has 0 spiro atoms. The molecular formula is C14H12Cl2IN3O. The SMILES string of the molecule is C[n+]1ccc(C(=O)N/N=C/c2ccc(Cl)cc2Cl)cc1.[I-]. The summed E-state index contributed by atoms with van der Waals surface area (Å²) in [6, 6.07) is 8.46. The topological polar surface area (TPSA) is 45.3 Å². The van der Waals surface area contributed by atoms with Gasteiger partial charge in [-0.3, -0.25) is 4.79 Å². The summed E-state index contributed by atoms with van der Waals surface area (Å²) in [5, 5.41) is 4.90. The molecule has 7 heteroatoms. The van der Waals surface area contributed by atoms with Gasteiger partial charge in [0.25, 0.3) is 5.91 Å². The molecule has 1 heterocycles. The number of benzene rings is 1. The molecule has 0 saturated carbocycles. The number of pyridine rings is 1. The Morgan fingerprint density at radius 1 is 1.24 bits per heavy atom. The first kappa shape index (κ1) is 17.9. The maximum Gasteiger partial charge on any atom is 0.271 e. The maximum atomic E-state index is 11.8. The Bertz CT molecular complexity index is 660. The zero-order valence-corrected chi connectivity index (χ0v) is 14.7. The van der Waals surface area contributed by atoms with Gasteiger partial charge < -0.3 is 24.0 Å². The summed E-state index contributed by atoms with van der Waals surface area (Å²) < 4.78 is 1.84. The molecule has 0 aliphatic rings. The van der Waals surface area contributed by atoms with E-state index in [1.807, 2.05) is 11.6 Å². The lowest BCUT2D eigenvalue weighted by Gasteiger charge is -2.00. The van der Waals surface area contributed by atoms with Crippen LogP contribution in [0.4, 0.5) is 0 Å². The van der Waals surface area contributed by atoms with E-state index in [0.29, 0.717) is 21.2 Å². The molecule has 0 aliphatic heterocycles. The Labute approximate surface area is 149 Å². The molecule has 2 rings (SSSR count). The highest BCUT2D eigenvalue weighted by Gasteiger charge is 2.05. The van der Waals surface area contributed by atoms with Crippen molar-refractivity contribution >= 4 is 35.3 Å². The number of amides is 1. The van der Waals surface area contributed by atoms with Crippen LogP contribution in [0.1, 0.15) is 15.9 Å². The van der Waals surface area contributed by atoms with Crippen LogP contribution in [0.5, 0.6) is 0 Å². The normalized spacial score (nSPS) is 10.2. The van der Waals surface area contributed by atoms with Crippen molar-refractivity contribution in [3.8, 4) is 0 Å². The Morgan fingerprint density at radius 3 is 2.52 bits per heavy atom. The zero-order valence-electron chi connectivity index (χ0n) is 11.1. The van der Waals surface area contributed by atoms with Crippen molar-refractivity contribution in [3.05, 3.63) is 63.9 Å². The molecule has 0 atom stereocenters. The van der Waals surface area contributed by atoms with Crippen molar-refractivity contribution < 1.29 is 33.3 Å².